The van der Waals surface area contributed by atoms with Gasteiger partial charge in [0.15, 0.2) is 0 Å². The Morgan fingerprint density at radius 2 is 1.65 bits per heavy atom. The van der Waals surface area contributed by atoms with Crippen LogP contribution in [0.1, 0.15) is 34.9 Å². The van der Waals surface area contributed by atoms with Gasteiger partial charge in [-0.3, -0.25) is 4.79 Å². The van der Waals surface area contributed by atoms with Gasteiger partial charge in [-0.05, 0) is 82.9 Å². The molecule has 0 aromatic heterocycles. The molecule has 37 heavy (non-hydrogen) atoms. The molecule has 0 spiro atoms. The SMILES string of the molecule is CSCCC(NC(=O)c1ccc(CCc2cccc3ccccc23)cc1-c1ccccc1C)C(=O)O.[H-].[Li+]. The van der Waals surface area contributed by atoms with Gasteiger partial charge in [0.1, 0.15) is 6.04 Å². The number of rotatable bonds is 10. The molecule has 4 aromatic carbocycles. The van der Waals surface area contributed by atoms with Crippen LogP contribution in [0.25, 0.3) is 21.9 Å². The van der Waals surface area contributed by atoms with E-state index >= 15 is 0 Å². The van der Waals surface area contributed by atoms with Crippen LogP contribution in [0.15, 0.2) is 84.9 Å². The molecule has 0 aliphatic rings. The van der Waals surface area contributed by atoms with E-state index in [4.69, 9.17) is 0 Å². The number of aryl methyl sites for hydroxylation is 3. The minimum Gasteiger partial charge on any atom is -1.00 e. The van der Waals surface area contributed by atoms with Crippen molar-refractivity contribution in [3.63, 3.8) is 0 Å². The number of fused-ring (bicyclic) bond motifs is 1. The summed E-state index contributed by atoms with van der Waals surface area (Å²) in [6.07, 6.45) is 4.02. The molecule has 1 atom stereocenters. The number of aliphatic carboxylic acids is 1. The van der Waals surface area contributed by atoms with Gasteiger partial charge in [0, 0.05) is 5.56 Å². The van der Waals surface area contributed by atoms with Crippen LogP contribution in [0, 0.1) is 6.92 Å². The van der Waals surface area contributed by atoms with Crippen LogP contribution in [0.5, 0.6) is 0 Å². The Balaban J connectivity index is 0.00000253. The van der Waals surface area contributed by atoms with E-state index in [0.29, 0.717) is 17.7 Å². The number of hydrogen-bond donors (Lipinski definition) is 2. The number of carbonyl (C=O) groups is 2. The fourth-order valence-electron chi connectivity index (χ4n) is 4.56. The van der Waals surface area contributed by atoms with E-state index in [1.165, 1.54) is 16.3 Å². The van der Waals surface area contributed by atoms with Gasteiger partial charge in [-0.15, -0.1) is 0 Å². The predicted octanol–water partition coefficient (Wildman–Crippen LogP) is 3.65. The molecular weight excluding hydrogens is 473 g/mol. The summed E-state index contributed by atoms with van der Waals surface area (Å²) in [5.74, 6) is -0.710. The van der Waals surface area contributed by atoms with E-state index in [1.54, 1.807) is 11.8 Å². The van der Waals surface area contributed by atoms with Gasteiger partial charge in [0.25, 0.3) is 5.91 Å². The molecule has 4 rings (SSSR count). The van der Waals surface area contributed by atoms with Crippen LogP contribution in [0.3, 0.4) is 0 Å². The maximum Gasteiger partial charge on any atom is 1.00 e. The van der Waals surface area contributed by atoms with Crippen molar-refractivity contribution in [3.8, 4) is 11.1 Å². The van der Waals surface area contributed by atoms with Gasteiger partial charge in [0.05, 0.1) is 0 Å². The Kier molecular flexibility index (Phi) is 10.5. The van der Waals surface area contributed by atoms with E-state index in [2.05, 4.69) is 53.8 Å². The van der Waals surface area contributed by atoms with Crippen LogP contribution >= 0.6 is 11.8 Å². The summed E-state index contributed by atoms with van der Waals surface area (Å²) in [5.41, 5.74) is 5.80. The van der Waals surface area contributed by atoms with Gasteiger partial charge in [-0.1, -0.05) is 78.9 Å². The number of amides is 1. The number of thioether (sulfide) groups is 1. The first-order chi connectivity index (χ1) is 17.5. The van der Waals surface area contributed by atoms with E-state index in [1.807, 2.05) is 49.6 Å². The molecule has 4 aromatic rings. The van der Waals surface area contributed by atoms with Crippen molar-refractivity contribution in [2.45, 2.75) is 32.2 Å². The summed E-state index contributed by atoms with van der Waals surface area (Å²) >= 11 is 1.56. The molecule has 1 amide bonds. The molecule has 0 aliphatic carbocycles. The van der Waals surface area contributed by atoms with Crippen molar-refractivity contribution < 1.29 is 35.0 Å². The van der Waals surface area contributed by atoms with Crippen molar-refractivity contribution in [1.29, 1.82) is 0 Å². The van der Waals surface area contributed by atoms with Crippen molar-refractivity contribution in [2.24, 2.45) is 0 Å². The van der Waals surface area contributed by atoms with Gasteiger partial charge in [-0.25, -0.2) is 4.79 Å². The molecule has 186 valence electrons. The Morgan fingerprint density at radius 3 is 2.41 bits per heavy atom. The maximum atomic E-state index is 13.3. The number of carboxylic acids is 1. The summed E-state index contributed by atoms with van der Waals surface area (Å²) in [7, 11) is 0. The third-order valence-electron chi connectivity index (χ3n) is 6.54. The summed E-state index contributed by atoms with van der Waals surface area (Å²) < 4.78 is 0. The van der Waals surface area contributed by atoms with Gasteiger partial charge >= 0.3 is 24.8 Å². The number of nitrogens with one attached hydrogen (secondary N) is 1. The number of carbonyl (C=O) groups excluding carboxylic acids is 1. The molecule has 0 saturated carbocycles. The minimum absolute atomic E-state index is 0. The second-order valence-electron chi connectivity index (χ2n) is 8.98. The molecule has 6 heteroatoms. The molecule has 0 radical (unpaired) electrons. The molecule has 0 fully saturated rings. The van der Waals surface area contributed by atoms with Crippen molar-refractivity contribution in [1.82, 2.24) is 5.32 Å². The zero-order chi connectivity index (χ0) is 25.5. The molecule has 0 heterocycles. The van der Waals surface area contributed by atoms with E-state index in [9.17, 15) is 14.7 Å². The zero-order valence-corrected chi connectivity index (χ0v) is 22.5. The van der Waals surface area contributed by atoms with Crippen molar-refractivity contribution in [2.75, 3.05) is 12.0 Å². The summed E-state index contributed by atoms with van der Waals surface area (Å²) in [6, 6.07) is 27.8. The first-order valence-electron chi connectivity index (χ1n) is 12.2. The normalized spacial score (nSPS) is 11.5. The van der Waals surface area contributed by atoms with Crippen LogP contribution < -0.4 is 24.2 Å². The van der Waals surface area contributed by atoms with Crippen LogP contribution in [-0.2, 0) is 17.6 Å². The van der Waals surface area contributed by atoms with Crippen molar-refractivity contribution >= 4 is 34.4 Å². The Labute approximate surface area is 236 Å². The number of benzene rings is 4. The van der Waals surface area contributed by atoms with Gasteiger partial charge < -0.3 is 11.8 Å². The van der Waals surface area contributed by atoms with E-state index < -0.39 is 12.0 Å². The standard InChI is InChI=1S/C31H31NO3S.Li.H/c1-21-8-3-5-12-25(21)28-20-22(14-16-24-11-7-10-23-9-4-6-13-26(23)24)15-17-27(28)30(33)32-29(31(34)35)18-19-36-2;;/h3-13,15,17,20,29H,14,16,18-19H2,1-2H3,(H,32,33)(H,34,35);;/q;+1;-1. The average molecular weight is 506 g/mol. The predicted molar refractivity (Wildman–Crippen MR) is 151 cm³/mol. The van der Waals surface area contributed by atoms with Crippen LogP contribution in [0.2, 0.25) is 0 Å². The third kappa shape index (κ3) is 7.08. The summed E-state index contributed by atoms with van der Waals surface area (Å²) in [6.45, 7) is 2.03. The summed E-state index contributed by atoms with van der Waals surface area (Å²) in [4.78, 5) is 25.0. The average Bonchev–Trinajstić information content (AvgIpc) is 2.89. The topological polar surface area (TPSA) is 66.4 Å². The second-order valence-corrected chi connectivity index (χ2v) is 9.96. The molecule has 1 unspecified atom stereocenters. The Hall–Kier alpha value is -2.97. The Morgan fingerprint density at radius 1 is 0.919 bits per heavy atom. The molecule has 0 bridgehead atoms. The second kappa shape index (κ2) is 13.5. The minimum atomic E-state index is -1.01. The molecule has 0 saturated heterocycles. The van der Waals surface area contributed by atoms with Crippen LogP contribution in [0.4, 0.5) is 0 Å². The Bertz CT molecular complexity index is 1390. The van der Waals surface area contributed by atoms with Crippen LogP contribution in [-0.4, -0.2) is 35.0 Å². The summed E-state index contributed by atoms with van der Waals surface area (Å²) in [5, 5.41) is 14.8. The fraction of sp³-hybridized carbons (Fsp3) is 0.226. The van der Waals surface area contributed by atoms with Gasteiger partial charge in [0.2, 0.25) is 0 Å². The van der Waals surface area contributed by atoms with Gasteiger partial charge in [-0.2, -0.15) is 11.8 Å². The smallest absolute Gasteiger partial charge is 1.00 e. The number of carboxylic acid groups (broad SMARTS) is 1. The third-order valence-corrected chi connectivity index (χ3v) is 7.18. The largest absolute Gasteiger partial charge is 1.00 e. The monoisotopic (exact) mass is 505 g/mol. The zero-order valence-electron chi connectivity index (χ0n) is 22.7. The quantitative estimate of drug-likeness (QED) is 0.323. The molecule has 0 aliphatic heterocycles. The molecule has 2 N–H and O–H groups in total. The van der Waals surface area contributed by atoms with E-state index in [-0.39, 0.29) is 26.2 Å². The fourth-order valence-corrected chi connectivity index (χ4v) is 5.03. The first-order valence-corrected chi connectivity index (χ1v) is 13.6. The number of hydrogen-bond acceptors (Lipinski definition) is 3. The van der Waals surface area contributed by atoms with E-state index in [0.717, 1.165) is 35.1 Å². The first kappa shape index (κ1) is 28.6. The molecular formula is C31H32LiNO3S. The van der Waals surface area contributed by atoms with Crippen molar-refractivity contribution in [3.05, 3.63) is 107 Å². The maximum absolute atomic E-state index is 13.3. The molecule has 4 nitrogen and oxygen atoms in total.